The van der Waals surface area contributed by atoms with E-state index in [0.29, 0.717) is 25.9 Å². The second kappa shape index (κ2) is 7.98. The molecule has 8 heteroatoms. The number of nitrogens with zero attached hydrogens (tertiary/aromatic N) is 1. The van der Waals surface area contributed by atoms with Crippen LogP contribution >= 0.6 is 0 Å². The number of piperidine rings is 1. The van der Waals surface area contributed by atoms with Crippen molar-refractivity contribution < 1.29 is 23.4 Å². The smallest absolute Gasteiger partial charge is 0.337 e. The molecule has 1 aliphatic carbocycles. The number of anilines is 1. The summed E-state index contributed by atoms with van der Waals surface area (Å²) in [6, 6.07) is 8.86. The van der Waals surface area contributed by atoms with Crippen LogP contribution in [0.2, 0.25) is 0 Å². The Labute approximate surface area is 196 Å². The number of rotatable bonds is 5. The number of carboxylic acids is 1. The molecule has 0 bridgehead atoms. The van der Waals surface area contributed by atoms with Gasteiger partial charge in [0.15, 0.2) is 0 Å². The number of H-pyrrole nitrogens is 1. The summed E-state index contributed by atoms with van der Waals surface area (Å²) in [6.45, 7) is 3.27. The van der Waals surface area contributed by atoms with Crippen molar-refractivity contribution in [1.29, 1.82) is 0 Å². The van der Waals surface area contributed by atoms with Gasteiger partial charge in [-0.1, -0.05) is 6.07 Å². The van der Waals surface area contributed by atoms with Gasteiger partial charge in [-0.15, -0.1) is 0 Å². The summed E-state index contributed by atoms with van der Waals surface area (Å²) in [5.41, 5.74) is 9.93. The zero-order valence-corrected chi connectivity index (χ0v) is 19.3. The van der Waals surface area contributed by atoms with Crippen LogP contribution in [0.3, 0.4) is 0 Å². The van der Waals surface area contributed by atoms with Crippen LogP contribution in [-0.4, -0.2) is 40.5 Å². The predicted octanol–water partition coefficient (Wildman–Crippen LogP) is 5.52. The topological polar surface area (TPSA) is 91.6 Å². The van der Waals surface area contributed by atoms with Crippen LogP contribution in [0.15, 0.2) is 36.5 Å². The average molecular weight is 470 g/mol. The maximum absolute atomic E-state index is 13.9. The summed E-state index contributed by atoms with van der Waals surface area (Å²) in [6.07, 6.45) is 3.00. The molecular formula is C26H29F2N3O3. The van der Waals surface area contributed by atoms with E-state index in [1.54, 1.807) is 19.2 Å². The van der Waals surface area contributed by atoms with E-state index in [2.05, 4.69) is 9.88 Å². The Kier molecular flexibility index (Phi) is 5.31. The highest BCUT2D eigenvalue weighted by molar-refractivity contribution is 5.93. The largest absolute Gasteiger partial charge is 0.496 e. The van der Waals surface area contributed by atoms with Gasteiger partial charge >= 0.3 is 5.97 Å². The summed E-state index contributed by atoms with van der Waals surface area (Å²) in [4.78, 5) is 17.0. The Balaban J connectivity index is 1.53. The number of likely N-dealkylation sites (tertiary alicyclic amines) is 1. The lowest BCUT2D eigenvalue weighted by Gasteiger charge is -2.54. The zero-order chi connectivity index (χ0) is 24.3. The first kappa shape index (κ1) is 22.7. The highest BCUT2D eigenvalue weighted by Gasteiger charge is 2.58. The molecule has 5 rings (SSSR count). The van der Waals surface area contributed by atoms with E-state index >= 15 is 0 Å². The fourth-order valence-corrected chi connectivity index (χ4v) is 6.03. The second-order valence-corrected chi connectivity index (χ2v) is 9.94. The van der Waals surface area contributed by atoms with Crippen molar-refractivity contribution in [3.8, 4) is 5.75 Å². The number of benzene rings is 2. The highest BCUT2D eigenvalue weighted by Crippen LogP contribution is 2.60. The van der Waals surface area contributed by atoms with Crippen LogP contribution in [0, 0.1) is 12.3 Å². The second-order valence-electron chi connectivity index (χ2n) is 9.94. The molecule has 3 aromatic rings. The van der Waals surface area contributed by atoms with Gasteiger partial charge < -0.3 is 20.6 Å². The minimum atomic E-state index is -2.60. The molecule has 180 valence electrons. The number of carboxylic acid groups (broad SMARTS) is 1. The molecule has 0 amide bonds. The van der Waals surface area contributed by atoms with E-state index in [-0.39, 0.29) is 30.1 Å². The lowest BCUT2D eigenvalue weighted by Crippen LogP contribution is -2.53. The van der Waals surface area contributed by atoms with Gasteiger partial charge in [0, 0.05) is 53.8 Å². The number of alkyl halides is 2. The summed E-state index contributed by atoms with van der Waals surface area (Å²) < 4.78 is 33.5. The van der Waals surface area contributed by atoms with Gasteiger partial charge in [0.25, 0.3) is 0 Å². The van der Waals surface area contributed by atoms with E-state index in [1.807, 2.05) is 25.3 Å². The van der Waals surface area contributed by atoms with E-state index in [1.165, 1.54) is 6.07 Å². The number of halogens is 2. The fourth-order valence-electron chi connectivity index (χ4n) is 6.03. The molecule has 1 spiro atoms. The molecule has 0 unspecified atom stereocenters. The van der Waals surface area contributed by atoms with E-state index in [4.69, 9.17) is 10.5 Å². The molecule has 1 aliphatic heterocycles. The SMILES string of the molecule is COc1cc(C)c2[nH]ccc2c1CN1CCC2(C[C@H]1c1ccc(C(=O)O)c(N)c1)CC(F)(F)C2. The molecule has 2 heterocycles. The van der Waals surface area contributed by atoms with E-state index < -0.39 is 17.3 Å². The predicted molar refractivity (Wildman–Crippen MR) is 126 cm³/mol. The van der Waals surface area contributed by atoms with Gasteiger partial charge in [0.2, 0.25) is 5.92 Å². The fraction of sp³-hybridized carbons (Fsp3) is 0.423. The van der Waals surface area contributed by atoms with Crippen molar-refractivity contribution in [2.45, 2.75) is 51.1 Å². The molecule has 0 radical (unpaired) electrons. The molecule has 1 atom stereocenters. The molecule has 34 heavy (non-hydrogen) atoms. The molecule has 1 saturated heterocycles. The lowest BCUT2D eigenvalue weighted by atomic mass is 9.59. The number of carbonyl (C=O) groups is 1. The Morgan fingerprint density at radius 1 is 1.29 bits per heavy atom. The maximum Gasteiger partial charge on any atom is 0.337 e. The lowest BCUT2D eigenvalue weighted by molar-refractivity contribution is -0.186. The van der Waals surface area contributed by atoms with Gasteiger partial charge in [-0.2, -0.15) is 0 Å². The molecule has 6 nitrogen and oxygen atoms in total. The summed E-state index contributed by atoms with van der Waals surface area (Å²) in [5, 5.41) is 10.4. The van der Waals surface area contributed by atoms with Gasteiger partial charge in [-0.05, 0) is 67.1 Å². The number of nitrogen functional groups attached to an aromatic ring is 1. The number of aromatic carboxylic acids is 1. The Morgan fingerprint density at radius 3 is 2.71 bits per heavy atom. The number of nitrogens with two attached hydrogens (primary N) is 1. The summed E-state index contributed by atoms with van der Waals surface area (Å²) in [5.74, 6) is -2.89. The average Bonchev–Trinajstić information content (AvgIpc) is 3.25. The third-order valence-corrected chi connectivity index (χ3v) is 7.65. The maximum atomic E-state index is 13.9. The van der Waals surface area contributed by atoms with E-state index in [9.17, 15) is 18.7 Å². The molecule has 1 aromatic heterocycles. The number of nitrogens with one attached hydrogen (secondary N) is 1. The van der Waals surface area contributed by atoms with Crippen molar-refractivity contribution in [3.05, 3.63) is 58.8 Å². The molecule has 2 fully saturated rings. The number of ether oxygens (including phenoxy) is 1. The quantitative estimate of drug-likeness (QED) is 0.428. The first-order chi connectivity index (χ1) is 16.1. The van der Waals surface area contributed by atoms with E-state index in [0.717, 1.165) is 33.3 Å². The first-order valence-electron chi connectivity index (χ1n) is 11.5. The summed E-state index contributed by atoms with van der Waals surface area (Å²) >= 11 is 0. The van der Waals surface area contributed by atoms with Crippen molar-refractivity contribution in [2.75, 3.05) is 19.4 Å². The standard InChI is InChI=1S/C26H29F2N3O3/c1-15-9-22(34-2)19(17-5-7-30-23(15)17)12-31-8-6-25(13-26(27,28)14-25)11-21(31)16-3-4-18(24(32)33)20(29)10-16/h3-5,7,9-10,21,30H,6,8,11-14,29H2,1-2H3,(H,32,33)/t21-/m0/s1. The van der Waals surface area contributed by atoms with Gasteiger partial charge in [0.1, 0.15) is 5.75 Å². The molecule has 1 saturated carbocycles. The number of hydrogen-bond donors (Lipinski definition) is 3. The molecule has 2 aromatic carbocycles. The van der Waals surface area contributed by atoms with Crippen molar-refractivity contribution >= 4 is 22.6 Å². The summed E-state index contributed by atoms with van der Waals surface area (Å²) in [7, 11) is 1.65. The number of methoxy groups -OCH3 is 1. The molecule has 4 N–H and O–H groups in total. The van der Waals surface area contributed by atoms with Gasteiger partial charge in [-0.3, -0.25) is 4.90 Å². The number of aromatic amines is 1. The third kappa shape index (κ3) is 3.79. The van der Waals surface area contributed by atoms with Crippen LogP contribution in [0.1, 0.15) is 58.8 Å². The van der Waals surface area contributed by atoms with Crippen LogP contribution in [0.5, 0.6) is 5.75 Å². The minimum Gasteiger partial charge on any atom is -0.496 e. The Bertz CT molecular complexity index is 1260. The monoisotopic (exact) mass is 469 g/mol. The van der Waals surface area contributed by atoms with Crippen LogP contribution in [-0.2, 0) is 6.54 Å². The normalized spacial score (nSPS) is 21.5. The Hall–Kier alpha value is -3.13. The van der Waals surface area contributed by atoms with Gasteiger partial charge in [-0.25, -0.2) is 13.6 Å². The number of aromatic nitrogens is 1. The van der Waals surface area contributed by atoms with Crippen LogP contribution < -0.4 is 10.5 Å². The third-order valence-electron chi connectivity index (χ3n) is 7.65. The van der Waals surface area contributed by atoms with Crippen LogP contribution in [0.4, 0.5) is 14.5 Å². The number of aryl methyl sites for hydroxylation is 1. The zero-order valence-electron chi connectivity index (χ0n) is 19.3. The van der Waals surface area contributed by atoms with Crippen molar-refractivity contribution in [2.24, 2.45) is 5.41 Å². The number of fused-ring (bicyclic) bond motifs is 1. The molecular weight excluding hydrogens is 440 g/mol. The van der Waals surface area contributed by atoms with Gasteiger partial charge in [0.05, 0.1) is 12.7 Å². The van der Waals surface area contributed by atoms with Crippen molar-refractivity contribution in [3.63, 3.8) is 0 Å². The van der Waals surface area contributed by atoms with Crippen molar-refractivity contribution in [1.82, 2.24) is 9.88 Å². The molecule has 2 aliphatic rings. The minimum absolute atomic E-state index is 0.0465. The Morgan fingerprint density at radius 2 is 2.06 bits per heavy atom. The van der Waals surface area contributed by atoms with Crippen LogP contribution in [0.25, 0.3) is 10.9 Å². The number of hydrogen-bond acceptors (Lipinski definition) is 4. The highest BCUT2D eigenvalue weighted by atomic mass is 19.3. The first-order valence-corrected chi connectivity index (χ1v) is 11.5.